The maximum Gasteiger partial charge on any atom is 0.531 e. The lowest BCUT2D eigenvalue weighted by Crippen LogP contribution is -2.68. The van der Waals surface area contributed by atoms with Gasteiger partial charge in [0.25, 0.3) is 0 Å². The van der Waals surface area contributed by atoms with E-state index in [0.717, 1.165) is 28.3 Å². The Kier molecular flexibility index (Phi) is 14.4. The fraction of sp³-hybridized carbons (Fsp3) is 0.238. The van der Waals surface area contributed by atoms with Crippen LogP contribution in [0.4, 0.5) is 0 Å². The van der Waals surface area contributed by atoms with Gasteiger partial charge in [-0.25, -0.2) is 0 Å². The van der Waals surface area contributed by atoms with Crippen molar-refractivity contribution in [2.75, 3.05) is 0 Å². The zero-order chi connectivity index (χ0) is 47.2. The molecule has 0 saturated heterocycles. The monoisotopic (exact) mass is 884 g/mol. The van der Waals surface area contributed by atoms with Crippen molar-refractivity contribution in [3.63, 3.8) is 0 Å². The van der Waals surface area contributed by atoms with E-state index in [0.29, 0.717) is 0 Å². The standard InChI is InChI=1S/C44H44O2Si.C19H24/c1-33-17-21-35(22-18-33)43(3,4)37-25-29-39(30-26-37)45-47(41-13-9-7-10-14-41,42-15-11-8-12-16-42)46-40-31-27-38(28-32-40)44(5,6)36-23-19-34(2)20-24-36;1-12-7-18(8-13(2)16(12)5)11-19-9-14(3)17(6)15(4)10-19/h7-32H,1-6H3;7-10H,11H2,1-6H3. The molecule has 0 amide bonds. The third-order valence-corrected chi connectivity index (χ3v) is 17.1. The lowest BCUT2D eigenvalue weighted by atomic mass is 9.78. The summed E-state index contributed by atoms with van der Waals surface area (Å²) in [5, 5.41) is 2.08. The first-order valence-corrected chi connectivity index (χ1v) is 25.3. The van der Waals surface area contributed by atoms with E-state index in [1.165, 1.54) is 77.9 Å². The fourth-order valence-corrected chi connectivity index (χ4v) is 12.0. The van der Waals surface area contributed by atoms with Crippen LogP contribution in [0.3, 0.4) is 0 Å². The topological polar surface area (TPSA) is 18.5 Å². The molecular formula is C63H68O2Si. The molecule has 66 heavy (non-hydrogen) atoms. The molecule has 3 heteroatoms. The lowest BCUT2D eigenvalue weighted by Gasteiger charge is -2.33. The third kappa shape index (κ3) is 10.6. The van der Waals surface area contributed by atoms with Crippen LogP contribution in [-0.4, -0.2) is 8.56 Å². The van der Waals surface area contributed by atoms with Crippen molar-refractivity contribution in [1.82, 2.24) is 0 Å². The van der Waals surface area contributed by atoms with Gasteiger partial charge in [-0.1, -0.05) is 197 Å². The predicted octanol–water partition coefficient (Wildman–Crippen LogP) is 14.8. The second-order valence-electron chi connectivity index (χ2n) is 19.5. The van der Waals surface area contributed by atoms with Crippen LogP contribution in [-0.2, 0) is 17.3 Å². The molecule has 0 saturated carbocycles. The van der Waals surface area contributed by atoms with Gasteiger partial charge in [-0.05, 0) is 153 Å². The van der Waals surface area contributed by atoms with Gasteiger partial charge in [-0.15, -0.1) is 0 Å². The molecule has 0 aliphatic carbocycles. The third-order valence-electron chi connectivity index (χ3n) is 13.9. The minimum atomic E-state index is -3.30. The average Bonchev–Trinajstić information content (AvgIpc) is 3.31. The van der Waals surface area contributed by atoms with Gasteiger partial charge in [0.15, 0.2) is 0 Å². The van der Waals surface area contributed by atoms with Crippen LogP contribution in [0.2, 0.25) is 0 Å². The molecular weight excluding hydrogens is 817 g/mol. The summed E-state index contributed by atoms with van der Waals surface area (Å²) in [7, 11) is -3.30. The zero-order valence-corrected chi connectivity index (χ0v) is 42.3. The van der Waals surface area contributed by atoms with Gasteiger partial charge >= 0.3 is 8.56 Å². The van der Waals surface area contributed by atoms with Crippen molar-refractivity contribution >= 4 is 18.9 Å². The van der Waals surface area contributed by atoms with E-state index in [4.69, 9.17) is 8.85 Å². The maximum absolute atomic E-state index is 7.16. The Morgan fingerprint density at radius 2 is 0.621 bits per heavy atom. The van der Waals surface area contributed by atoms with Crippen molar-refractivity contribution < 1.29 is 8.85 Å². The lowest BCUT2D eigenvalue weighted by molar-refractivity contribution is 0.416. The smallest absolute Gasteiger partial charge is 0.506 e. The van der Waals surface area contributed by atoms with Crippen molar-refractivity contribution in [1.29, 1.82) is 0 Å². The number of benzene rings is 8. The first-order chi connectivity index (χ1) is 31.5. The summed E-state index contributed by atoms with van der Waals surface area (Å²) in [6.45, 7) is 26.6. The number of hydrogen-bond acceptors (Lipinski definition) is 2. The highest BCUT2D eigenvalue weighted by molar-refractivity contribution is 6.93. The van der Waals surface area contributed by atoms with E-state index in [1.807, 2.05) is 12.1 Å². The molecule has 8 rings (SSSR count). The van der Waals surface area contributed by atoms with Crippen molar-refractivity contribution in [2.45, 2.75) is 100 Å². The molecule has 336 valence electrons. The Labute approximate surface area is 397 Å². The van der Waals surface area contributed by atoms with E-state index in [1.54, 1.807) is 0 Å². The van der Waals surface area contributed by atoms with Gasteiger partial charge in [-0.2, -0.15) is 0 Å². The molecule has 0 N–H and O–H groups in total. The quantitative estimate of drug-likeness (QED) is 0.114. The van der Waals surface area contributed by atoms with Gasteiger partial charge in [0.1, 0.15) is 11.5 Å². The molecule has 0 fully saturated rings. The normalized spacial score (nSPS) is 11.7. The molecule has 0 spiro atoms. The molecule has 0 heterocycles. The Bertz CT molecular complexity index is 2610. The van der Waals surface area contributed by atoms with E-state index in [-0.39, 0.29) is 10.8 Å². The summed E-state index contributed by atoms with van der Waals surface area (Å²) in [6, 6.07) is 64.9. The second-order valence-corrected chi connectivity index (χ2v) is 22.3. The van der Waals surface area contributed by atoms with Crippen molar-refractivity contribution in [3.05, 3.63) is 260 Å². The molecule has 0 atom stereocenters. The minimum Gasteiger partial charge on any atom is -0.506 e. The highest BCUT2D eigenvalue weighted by Crippen LogP contribution is 2.35. The molecule has 0 aromatic heterocycles. The van der Waals surface area contributed by atoms with Gasteiger partial charge < -0.3 is 8.85 Å². The van der Waals surface area contributed by atoms with Crippen LogP contribution in [0.25, 0.3) is 0 Å². The summed E-state index contributed by atoms with van der Waals surface area (Å²) in [6.07, 6.45) is 1.03. The number of aryl methyl sites for hydroxylation is 6. The van der Waals surface area contributed by atoms with Crippen LogP contribution in [0, 0.1) is 55.4 Å². The largest absolute Gasteiger partial charge is 0.531 e. The Morgan fingerprint density at radius 3 is 0.909 bits per heavy atom. The van der Waals surface area contributed by atoms with E-state index < -0.39 is 8.56 Å². The Balaban J connectivity index is 0.000000285. The Morgan fingerprint density at radius 1 is 0.348 bits per heavy atom. The van der Waals surface area contributed by atoms with E-state index >= 15 is 0 Å². The van der Waals surface area contributed by atoms with Crippen LogP contribution in [0.1, 0.15) is 106 Å². The summed E-state index contributed by atoms with van der Waals surface area (Å²) in [5.74, 6) is 1.56. The van der Waals surface area contributed by atoms with Crippen LogP contribution >= 0.6 is 0 Å². The van der Waals surface area contributed by atoms with Crippen LogP contribution < -0.4 is 19.2 Å². The molecule has 0 bridgehead atoms. The van der Waals surface area contributed by atoms with Crippen LogP contribution in [0.5, 0.6) is 11.5 Å². The molecule has 0 aliphatic heterocycles. The highest BCUT2D eigenvalue weighted by Gasteiger charge is 2.47. The number of hydrogen-bond donors (Lipinski definition) is 0. The predicted molar refractivity (Wildman–Crippen MR) is 283 cm³/mol. The summed E-state index contributed by atoms with van der Waals surface area (Å²) < 4.78 is 14.3. The van der Waals surface area contributed by atoms with Gasteiger partial charge in [0.2, 0.25) is 0 Å². The summed E-state index contributed by atoms with van der Waals surface area (Å²) in [4.78, 5) is 0. The average molecular weight is 885 g/mol. The molecule has 0 aliphatic rings. The van der Waals surface area contributed by atoms with Crippen molar-refractivity contribution in [3.8, 4) is 11.5 Å². The summed E-state index contributed by atoms with van der Waals surface area (Å²) >= 11 is 0. The molecule has 2 nitrogen and oxygen atoms in total. The van der Waals surface area contributed by atoms with Crippen molar-refractivity contribution in [2.24, 2.45) is 0 Å². The fourth-order valence-electron chi connectivity index (χ4n) is 8.91. The van der Waals surface area contributed by atoms with Gasteiger partial charge in [0, 0.05) is 21.2 Å². The maximum atomic E-state index is 7.16. The zero-order valence-electron chi connectivity index (χ0n) is 41.3. The highest BCUT2D eigenvalue weighted by atomic mass is 28.4. The molecule has 0 radical (unpaired) electrons. The minimum absolute atomic E-state index is 0.149. The van der Waals surface area contributed by atoms with E-state index in [9.17, 15) is 0 Å². The number of rotatable bonds is 12. The van der Waals surface area contributed by atoms with Gasteiger partial charge in [0.05, 0.1) is 0 Å². The van der Waals surface area contributed by atoms with Crippen LogP contribution in [0.15, 0.2) is 182 Å². The molecule has 0 unspecified atom stereocenters. The molecule has 8 aromatic rings. The molecule has 8 aromatic carbocycles. The first kappa shape index (κ1) is 47.5. The second kappa shape index (κ2) is 20.0. The SMILES string of the molecule is Cc1cc(Cc2cc(C)c(C)c(C)c2)cc(C)c1C.Cc1ccc(C(C)(C)c2ccc(O[Si](Oc3ccc(C(C)(C)c4ccc(C)cc4)cc3)(c3ccccc3)c3ccccc3)cc2)cc1. The Hall–Kier alpha value is -6.42. The summed E-state index contributed by atoms with van der Waals surface area (Å²) in [5.41, 5.74) is 18.5. The first-order valence-electron chi connectivity index (χ1n) is 23.4. The van der Waals surface area contributed by atoms with Gasteiger partial charge in [-0.3, -0.25) is 0 Å². The van der Waals surface area contributed by atoms with E-state index in [2.05, 4.69) is 253 Å².